The third-order valence-corrected chi connectivity index (χ3v) is 0.408. The second-order valence-corrected chi connectivity index (χ2v) is 1.64. The van der Waals surface area contributed by atoms with Crippen LogP contribution in [0.1, 0.15) is 26.7 Å². The summed E-state index contributed by atoms with van der Waals surface area (Å²) < 4.78 is 0. The molecule has 2 nitrogen and oxygen atoms in total. The Morgan fingerprint density at radius 1 is 1.00 bits per heavy atom. The van der Waals surface area contributed by atoms with Crippen molar-refractivity contribution >= 4 is 0 Å². The molecule has 52 valence electrons. The molecule has 0 saturated heterocycles. The second kappa shape index (κ2) is 15.8. The molecule has 0 aromatic heterocycles. The van der Waals surface area contributed by atoms with Gasteiger partial charge >= 0.3 is 0 Å². The van der Waals surface area contributed by atoms with Gasteiger partial charge in [-0.05, 0) is 19.5 Å². The van der Waals surface area contributed by atoms with E-state index in [1.54, 1.807) is 0 Å². The van der Waals surface area contributed by atoms with E-state index in [1.165, 1.54) is 6.42 Å². The zero-order valence-corrected chi connectivity index (χ0v) is 5.98. The molecule has 0 bridgehead atoms. The van der Waals surface area contributed by atoms with Gasteiger partial charge in [0.1, 0.15) is 0 Å². The van der Waals surface area contributed by atoms with Crippen molar-refractivity contribution < 1.29 is 0 Å². The Labute approximate surface area is 52.2 Å². The molecule has 8 heavy (non-hydrogen) atoms. The van der Waals surface area contributed by atoms with E-state index < -0.39 is 0 Å². The zero-order chi connectivity index (χ0) is 6.83. The first-order valence-electron chi connectivity index (χ1n) is 3.23. The fraction of sp³-hybridized carbons (Fsp3) is 1.00. The van der Waals surface area contributed by atoms with E-state index in [2.05, 4.69) is 13.8 Å². The fourth-order valence-electron chi connectivity index (χ4n) is 0.118. The maximum atomic E-state index is 5.06. The Morgan fingerprint density at radius 2 is 1.25 bits per heavy atom. The molecule has 0 heterocycles. The Morgan fingerprint density at radius 3 is 1.25 bits per heavy atom. The van der Waals surface area contributed by atoms with Crippen LogP contribution in [0.5, 0.6) is 0 Å². The van der Waals surface area contributed by atoms with Crippen LogP contribution in [-0.2, 0) is 0 Å². The minimum absolute atomic E-state index is 0.719. The molecule has 0 aliphatic rings. The van der Waals surface area contributed by atoms with Crippen molar-refractivity contribution in [1.82, 2.24) is 0 Å². The predicted octanol–water partition coefficient (Wildman–Crippen LogP) is 0.710. The Bertz CT molecular complexity index is 20.5. The first-order valence-corrected chi connectivity index (χ1v) is 3.23. The van der Waals surface area contributed by atoms with Crippen molar-refractivity contribution in [2.75, 3.05) is 13.1 Å². The van der Waals surface area contributed by atoms with E-state index in [0.29, 0.717) is 0 Å². The molecular weight excluding hydrogens is 100 g/mol. The molecule has 0 aromatic carbocycles. The van der Waals surface area contributed by atoms with Gasteiger partial charge in [0.2, 0.25) is 0 Å². The number of rotatable bonds is 2. The topological polar surface area (TPSA) is 52.0 Å². The lowest BCUT2D eigenvalue weighted by atomic mass is 10.4. The summed E-state index contributed by atoms with van der Waals surface area (Å²) in [5, 5.41) is 0. The van der Waals surface area contributed by atoms with Crippen LogP contribution in [0.3, 0.4) is 0 Å². The van der Waals surface area contributed by atoms with Crippen LogP contribution >= 0.6 is 0 Å². The van der Waals surface area contributed by atoms with Crippen LogP contribution in [-0.4, -0.2) is 13.1 Å². The summed E-state index contributed by atoms with van der Waals surface area (Å²) in [6.07, 6.45) is 2.19. The van der Waals surface area contributed by atoms with Crippen molar-refractivity contribution in [1.29, 1.82) is 0 Å². The van der Waals surface area contributed by atoms with E-state index in [9.17, 15) is 0 Å². The first kappa shape index (κ1) is 10.8. The van der Waals surface area contributed by atoms with Gasteiger partial charge in [0.05, 0.1) is 0 Å². The molecule has 4 N–H and O–H groups in total. The summed E-state index contributed by atoms with van der Waals surface area (Å²) in [5.41, 5.74) is 10.1. The van der Waals surface area contributed by atoms with Crippen molar-refractivity contribution in [3.05, 3.63) is 0 Å². The van der Waals surface area contributed by atoms with Crippen molar-refractivity contribution in [3.63, 3.8) is 0 Å². The van der Waals surface area contributed by atoms with Crippen LogP contribution < -0.4 is 11.5 Å². The lowest BCUT2D eigenvalue weighted by Gasteiger charge is -1.81. The average molecular weight is 118 g/mol. The van der Waals surface area contributed by atoms with Gasteiger partial charge in [-0.2, -0.15) is 0 Å². The molecule has 0 atom stereocenters. The molecule has 0 unspecified atom stereocenters. The predicted molar refractivity (Wildman–Crippen MR) is 38.7 cm³/mol. The minimum Gasteiger partial charge on any atom is -0.330 e. The Balaban J connectivity index is 0. The van der Waals surface area contributed by atoms with Crippen LogP contribution in [0.15, 0.2) is 0 Å². The van der Waals surface area contributed by atoms with Crippen LogP contribution in [0.25, 0.3) is 0 Å². The summed E-state index contributed by atoms with van der Waals surface area (Å²) >= 11 is 0. The fourth-order valence-corrected chi connectivity index (χ4v) is 0.118. The van der Waals surface area contributed by atoms with E-state index in [1.807, 2.05) is 0 Å². The van der Waals surface area contributed by atoms with Crippen LogP contribution in [0.2, 0.25) is 0 Å². The smallest absolute Gasteiger partial charge is 0.00653 e. The van der Waals surface area contributed by atoms with Crippen molar-refractivity contribution in [2.24, 2.45) is 11.5 Å². The molecule has 2 heteroatoms. The van der Waals surface area contributed by atoms with E-state index in [4.69, 9.17) is 11.5 Å². The Hall–Kier alpha value is -0.0800. The van der Waals surface area contributed by atoms with Gasteiger partial charge in [-0.3, -0.25) is 0 Å². The summed E-state index contributed by atoms with van der Waals surface area (Å²) in [6.45, 7) is 5.69. The monoisotopic (exact) mass is 118 g/mol. The SMILES string of the molecule is CCC.NCCCN. The van der Waals surface area contributed by atoms with Crippen LogP contribution in [0, 0.1) is 0 Å². The van der Waals surface area contributed by atoms with Gasteiger partial charge < -0.3 is 11.5 Å². The highest BCUT2D eigenvalue weighted by atomic mass is 14.6. The molecule has 0 amide bonds. The number of nitrogens with two attached hydrogens (primary N) is 2. The van der Waals surface area contributed by atoms with E-state index in [-0.39, 0.29) is 0 Å². The normalized spacial score (nSPS) is 7.50. The molecule has 0 saturated carbocycles. The van der Waals surface area contributed by atoms with Gasteiger partial charge in [0.15, 0.2) is 0 Å². The van der Waals surface area contributed by atoms with Gasteiger partial charge in [-0.1, -0.05) is 20.3 Å². The summed E-state index contributed by atoms with van der Waals surface area (Å²) in [4.78, 5) is 0. The minimum atomic E-state index is 0.719. The van der Waals surface area contributed by atoms with Gasteiger partial charge in [0, 0.05) is 0 Å². The largest absolute Gasteiger partial charge is 0.330 e. The van der Waals surface area contributed by atoms with Gasteiger partial charge in [-0.15, -0.1) is 0 Å². The molecule has 0 aliphatic heterocycles. The average Bonchev–Trinajstić information content (AvgIpc) is 1.71. The molecule has 0 spiro atoms. The third-order valence-electron chi connectivity index (χ3n) is 0.408. The number of hydrogen-bond donors (Lipinski definition) is 2. The second-order valence-electron chi connectivity index (χ2n) is 1.64. The lowest BCUT2D eigenvalue weighted by molar-refractivity contribution is 0.844. The number of hydrogen-bond acceptors (Lipinski definition) is 2. The molecule has 0 aromatic rings. The van der Waals surface area contributed by atoms with Gasteiger partial charge in [0.25, 0.3) is 0 Å². The first-order chi connectivity index (χ1) is 3.83. The van der Waals surface area contributed by atoms with Crippen molar-refractivity contribution in [2.45, 2.75) is 26.7 Å². The highest BCUT2D eigenvalue weighted by Gasteiger charge is 1.67. The van der Waals surface area contributed by atoms with Gasteiger partial charge in [-0.25, -0.2) is 0 Å². The van der Waals surface area contributed by atoms with Crippen LogP contribution in [0.4, 0.5) is 0 Å². The quantitative estimate of drug-likeness (QED) is 0.561. The standard InChI is InChI=1S/C3H10N2.C3H8/c4-2-1-3-5;1-3-2/h1-5H2;3H2,1-2H3. The van der Waals surface area contributed by atoms with E-state index >= 15 is 0 Å². The summed E-state index contributed by atoms with van der Waals surface area (Å²) in [5.74, 6) is 0. The molecular formula is C6H18N2. The highest BCUT2D eigenvalue weighted by Crippen LogP contribution is 1.58. The Kier molecular flexibility index (Phi) is 21.3. The maximum absolute atomic E-state index is 5.06. The van der Waals surface area contributed by atoms with Crippen molar-refractivity contribution in [3.8, 4) is 0 Å². The molecule has 0 fully saturated rings. The molecule has 0 radical (unpaired) electrons. The molecule has 0 aliphatic carbocycles. The zero-order valence-electron chi connectivity index (χ0n) is 5.98. The maximum Gasteiger partial charge on any atom is -0.00653 e. The summed E-state index contributed by atoms with van der Waals surface area (Å²) in [6, 6.07) is 0. The van der Waals surface area contributed by atoms with E-state index in [0.717, 1.165) is 19.5 Å². The lowest BCUT2D eigenvalue weighted by Crippen LogP contribution is -2.06. The third kappa shape index (κ3) is 38.9. The molecule has 0 rings (SSSR count). The summed E-state index contributed by atoms with van der Waals surface area (Å²) in [7, 11) is 0. The highest BCUT2D eigenvalue weighted by molar-refractivity contribution is 4.33.